The van der Waals surface area contributed by atoms with E-state index in [-0.39, 0.29) is 32.9 Å². The number of rotatable bonds is 6. The van der Waals surface area contributed by atoms with Gasteiger partial charge in [-0.25, -0.2) is 4.79 Å². The first-order valence-corrected chi connectivity index (χ1v) is 9.55. The van der Waals surface area contributed by atoms with Crippen LogP contribution >= 0.6 is 8.96 Å². The zero-order valence-corrected chi connectivity index (χ0v) is 15.7. The number of aliphatic hydroxyl groups is 2. The first kappa shape index (κ1) is 18.8. The second-order valence-corrected chi connectivity index (χ2v) is 7.96. The molecular weight excluding hydrogens is 344 g/mol. The Morgan fingerprint density at radius 3 is 2.84 bits per heavy atom. The Morgan fingerprint density at radius 2 is 2.28 bits per heavy atom. The van der Waals surface area contributed by atoms with Gasteiger partial charge in [0.15, 0.2) is 7.98 Å². The van der Waals surface area contributed by atoms with Crippen molar-refractivity contribution in [1.82, 2.24) is 14.8 Å². The van der Waals surface area contributed by atoms with E-state index < -0.39 is 18.0 Å². The Balaban J connectivity index is 1.87. The number of β-amino-alcohol motifs (C(OH)–C–C–N with tert-alkyl or cyclic N) is 1. The van der Waals surface area contributed by atoms with E-state index in [1.165, 1.54) is 4.90 Å². The first-order valence-electron chi connectivity index (χ1n) is 8.64. The zero-order chi connectivity index (χ0) is 18.3. The summed E-state index contributed by atoms with van der Waals surface area (Å²) in [6, 6.07) is -0.199. The van der Waals surface area contributed by atoms with Gasteiger partial charge in [0.25, 0.3) is 0 Å². The third-order valence-corrected chi connectivity index (χ3v) is 5.89. The van der Waals surface area contributed by atoms with E-state index in [0.717, 1.165) is 12.1 Å². The molecule has 3 rings (SSSR count). The van der Waals surface area contributed by atoms with Crippen molar-refractivity contribution in [2.75, 3.05) is 19.6 Å². The molecule has 2 unspecified atom stereocenters. The van der Waals surface area contributed by atoms with Crippen molar-refractivity contribution in [3.05, 3.63) is 11.3 Å². The number of β-lactam (4-membered cyclic amide) rings is 1. The Bertz CT molecular complexity index is 602. The minimum Gasteiger partial charge on any atom is -0.428 e. The van der Waals surface area contributed by atoms with E-state index in [1.54, 1.807) is 14.9 Å². The number of amides is 1. The number of nitrogens with zero attached hydrogens (tertiary/aromatic N) is 2. The summed E-state index contributed by atoms with van der Waals surface area (Å²) < 4.78 is 5.23. The van der Waals surface area contributed by atoms with Crippen LogP contribution in [0.1, 0.15) is 20.3 Å². The van der Waals surface area contributed by atoms with E-state index in [4.69, 9.17) is 4.52 Å². The Morgan fingerprint density at radius 1 is 1.56 bits per heavy atom. The predicted molar refractivity (Wildman–Crippen MR) is 95.1 cm³/mol. The van der Waals surface area contributed by atoms with Crippen molar-refractivity contribution in [2.45, 2.75) is 38.5 Å². The molecule has 3 heterocycles. The molecule has 0 saturated carbocycles. The molecule has 10 heteroatoms. The van der Waals surface area contributed by atoms with Crippen molar-refractivity contribution in [1.29, 1.82) is 0 Å². The highest BCUT2D eigenvalue weighted by molar-refractivity contribution is 7.32. The van der Waals surface area contributed by atoms with Crippen LogP contribution in [0, 0.1) is 11.8 Å². The second kappa shape index (κ2) is 7.33. The van der Waals surface area contributed by atoms with Crippen LogP contribution in [0.25, 0.3) is 0 Å². The average molecular weight is 369 g/mol. The van der Waals surface area contributed by atoms with Gasteiger partial charge in [-0.1, -0.05) is 6.92 Å². The van der Waals surface area contributed by atoms with Crippen molar-refractivity contribution < 1.29 is 24.3 Å². The Labute approximate surface area is 149 Å². The summed E-state index contributed by atoms with van der Waals surface area (Å²) in [7, 11) is 1.51. The summed E-state index contributed by atoms with van der Waals surface area (Å²) in [6.07, 6.45) is -0.381. The lowest BCUT2D eigenvalue weighted by Crippen LogP contribution is -2.63. The highest BCUT2D eigenvalue weighted by Gasteiger charge is 2.60. The van der Waals surface area contributed by atoms with E-state index >= 15 is 0 Å². The predicted octanol–water partition coefficient (Wildman–Crippen LogP) is -1.65. The SMILES string of the molecule is BNPOC(=O)C1=C(CN2CC[C@@H](O)C2)[C@H](C)[C@@H]2C([C@@H](C)O)C(=O)N12. The molecule has 0 bridgehead atoms. The summed E-state index contributed by atoms with van der Waals surface area (Å²) in [6.45, 7) is 5.45. The summed E-state index contributed by atoms with van der Waals surface area (Å²) in [5.41, 5.74) is 1.19. The number of fused-ring (bicyclic) bond motifs is 1. The summed E-state index contributed by atoms with van der Waals surface area (Å²) in [5, 5.41) is 19.7. The van der Waals surface area contributed by atoms with Gasteiger partial charge in [0, 0.05) is 25.6 Å². The lowest BCUT2D eigenvalue weighted by Gasteiger charge is -2.46. The van der Waals surface area contributed by atoms with Gasteiger partial charge in [-0.05, 0) is 18.9 Å². The molecule has 0 aromatic heterocycles. The Hall–Kier alpha value is -0.985. The fourth-order valence-corrected chi connectivity index (χ4v) is 4.48. The van der Waals surface area contributed by atoms with Gasteiger partial charge >= 0.3 is 5.97 Å². The fraction of sp³-hybridized carbons (Fsp3) is 0.733. The number of carbonyl (C=O) groups excluding carboxylic acids is 2. The minimum absolute atomic E-state index is 0.0319. The topological polar surface area (TPSA) is 102 Å². The molecule has 2 fully saturated rings. The van der Waals surface area contributed by atoms with Crippen molar-refractivity contribution >= 4 is 28.8 Å². The highest BCUT2D eigenvalue weighted by Crippen LogP contribution is 2.47. The molecule has 0 aromatic carbocycles. The molecule has 0 aromatic rings. The maximum atomic E-state index is 12.6. The second-order valence-electron chi connectivity index (χ2n) is 7.05. The van der Waals surface area contributed by atoms with Crippen LogP contribution in [0.2, 0.25) is 0 Å². The summed E-state index contributed by atoms with van der Waals surface area (Å²) in [5.74, 6) is -1.24. The maximum Gasteiger partial charge on any atom is 0.358 e. The standard InChI is InChI=1S/C15H25BN3O5P/c1-7-10(6-18-4-3-9(21)5-18)13(15(23)24-25-17-16)19-12(7)11(8(2)20)14(19)22/h7-9,11-12,17,20-21,25H,3-6,16H2,1-2H3/t7-,8+,9+,11?,12+/m0/s1. The van der Waals surface area contributed by atoms with Crippen molar-refractivity contribution in [2.24, 2.45) is 11.8 Å². The van der Waals surface area contributed by atoms with Gasteiger partial charge in [0.1, 0.15) is 14.7 Å². The van der Waals surface area contributed by atoms with Crippen LogP contribution in [0.15, 0.2) is 11.3 Å². The third-order valence-electron chi connectivity index (χ3n) is 5.40. The number of likely N-dealkylation sites (tertiary alicyclic amines) is 1. The molecule has 2 saturated heterocycles. The van der Waals surface area contributed by atoms with Crippen molar-refractivity contribution in [3.8, 4) is 0 Å². The smallest absolute Gasteiger partial charge is 0.358 e. The van der Waals surface area contributed by atoms with Crippen molar-refractivity contribution in [3.63, 3.8) is 0 Å². The number of aliphatic hydroxyl groups excluding tert-OH is 2. The maximum absolute atomic E-state index is 12.6. The number of carbonyl (C=O) groups is 2. The van der Waals surface area contributed by atoms with Gasteiger partial charge in [-0.3, -0.25) is 9.69 Å². The largest absolute Gasteiger partial charge is 0.428 e. The van der Waals surface area contributed by atoms with Crippen LogP contribution in [0.3, 0.4) is 0 Å². The summed E-state index contributed by atoms with van der Waals surface area (Å²) >= 11 is 0. The number of hydrogen-bond donors (Lipinski definition) is 3. The van der Waals surface area contributed by atoms with Crippen LogP contribution in [0.4, 0.5) is 0 Å². The molecule has 8 nitrogen and oxygen atoms in total. The van der Waals surface area contributed by atoms with Crippen LogP contribution < -0.4 is 5.00 Å². The van der Waals surface area contributed by atoms with E-state index in [0.29, 0.717) is 25.2 Å². The normalized spacial score (nSPS) is 33.9. The molecule has 0 radical (unpaired) electrons. The quantitative estimate of drug-likeness (QED) is 0.293. The molecule has 3 aliphatic heterocycles. The molecule has 1 amide bonds. The van der Waals surface area contributed by atoms with Crippen LogP contribution in [-0.4, -0.2) is 77.8 Å². The van der Waals surface area contributed by atoms with Gasteiger partial charge in [-0.15, -0.1) is 0 Å². The molecule has 138 valence electrons. The van der Waals surface area contributed by atoms with Gasteiger partial charge < -0.3 is 24.6 Å². The lowest BCUT2D eigenvalue weighted by atomic mass is 9.77. The van der Waals surface area contributed by atoms with Gasteiger partial charge in [0.2, 0.25) is 5.91 Å². The molecular formula is C15H25BN3O5P. The third kappa shape index (κ3) is 3.24. The number of hydrogen-bond acceptors (Lipinski definition) is 7. The fourth-order valence-electron chi connectivity index (χ4n) is 4.18. The molecule has 25 heavy (non-hydrogen) atoms. The highest BCUT2D eigenvalue weighted by atomic mass is 31.1. The summed E-state index contributed by atoms with van der Waals surface area (Å²) in [4.78, 5) is 31.5. The zero-order valence-electron chi connectivity index (χ0n) is 14.7. The molecule has 0 spiro atoms. The lowest BCUT2D eigenvalue weighted by molar-refractivity contribution is -0.162. The molecule has 0 aliphatic carbocycles. The van der Waals surface area contributed by atoms with Gasteiger partial charge in [-0.2, -0.15) is 0 Å². The Kier molecular flexibility index (Phi) is 5.51. The monoisotopic (exact) mass is 369 g/mol. The average Bonchev–Trinajstić information content (AvgIpc) is 3.06. The number of nitrogens with one attached hydrogen (secondary N) is 1. The van der Waals surface area contributed by atoms with Gasteiger partial charge in [0.05, 0.1) is 24.2 Å². The first-order chi connectivity index (χ1) is 11.9. The molecule has 3 N–H and O–H groups in total. The molecule has 3 aliphatic rings. The van der Waals surface area contributed by atoms with E-state index in [1.807, 2.05) is 6.92 Å². The van der Waals surface area contributed by atoms with Crippen LogP contribution in [0.5, 0.6) is 0 Å². The van der Waals surface area contributed by atoms with E-state index in [9.17, 15) is 19.8 Å². The van der Waals surface area contributed by atoms with E-state index in [2.05, 4.69) is 9.90 Å². The van der Waals surface area contributed by atoms with Crippen LogP contribution in [-0.2, 0) is 14.1 Å². The molecule has 6 atom stereocenters. The minimum atomic E-state index is -0.749.